The summed E-state index contributed by atoms with van der Waals surface area (Å²) in [4.78, 5) is 12.1. The molecule has 0 aliphatic carbocycles. The normalized spacial score (nSPS) is 23.1. The highest BCUT2D eigenvalue weighted by atomic mass is 35.5. The number of hydrogen-bond acceptors (Lipinski definition) is 3. The van der Waals surface area contributed by atoms with Crippen LogP contribution in [-0.2, 0) is 11.3 Å². The molecule has 17 heavy (non-hydrogen) atoms. The van der Waals surface area contributed by atoms with Crippen LogP contribution in [0.2, 0.25) is 0 Å². The van der Waals surface area contributed by atoms with Gasteiger partial charge in [0.15, 0.2) is 0 Å². The van der Waals surface area contributed by atoms with Gasteiger partial charge in [-0.05, 0) is 37.9 Å². The Morgan fingerprint density at radius 3 is 3.00 bits per heavy atom. The molecule has 0 spiro atoms. The van der Waals surface area contributed by atoms with Gasteiger partial charge in [0.1, 0.15) is 5.76 Å². The van der Waals surface area contributed by atoms with Gasteiger partial charge in [-0.3, -0.25) is 4.79 Å². The molecular weight excluding hydrogens is 240 g/mol. The average molecular weight is 259 g/mol. The molecule has 1 unspecified atom stereocenters. The lowest BCUT2D eigenvalue weighted by atomic mass is 9.93. The Bertz CT molecular complexity index is 345. The molecule has 2 N–H and O–H groups in total. The van der Waals surface area contributed by atoms with Gasteiger partial charge in [0, 0.05) is 0 Å². The van der Waals surface area contributed by atoms with Crippen molar-refractivity contribution in [2.75, 3.05) is 6.54 Å². The lowest BCUT2D eigenvalue weighted by Gasteiger charge is -2.26. The third-order valence-electron chi connectivity index (χ3n) is 3.29. The molecule has 1 aliphatic heterocycles. The third kappa shape index (κ3) is 3.01. The van der Waals surface area contributed by atoms with Crippen LogP contribution < -0.4 is 10.6 Å². The Kier molecular flexibility index (Phi) is 5.02. The van der Waals surface area contributed by atoms with Gasteiger partial charge in [-0.25, -0.2) is 0 Å². The smallest absolute Gasteiger partial charge is 0.240 e. The number of nitrogens with one attached hydrogen (secondary N) is 2. The Hall–Kier alpha value is -1.00. The third-order valence-corrected chi connectivity index (χ3v) is 3.29. The highest BCUT2D eigenvalue weighted by molar-refractivity contribution is 5.86. The van der Waals surface area contributed by atoms with Crippen LogP contribution in [0.5, 0.6) is 0 Å². The summed E-state index contributed by atoms with van der Waals surface area (Å²) in [6.07, 6.45) is 4.44. The van der Waals surface area contributed by atoms with E-state index in [1.54, 1.807) is 6.26 Å². The molecule has 96 valence electrons. The van der Waals surface area contributed by atoms with Gasteiger partial charge in [-0.15, -0.1) is 12.4 Å². The number of furan rings is 1. The van der Waals surface area contributed by atoms with E-state index in [0.29, 0.717) is 6.54 Å². The molecule has 5 heteroatoms. The number of hydrogen-bond donors (Lipinski definition) is 2. The topological polar surface area (TPSA) is 54.3 Å². The Balaban J connectivity index is 0.00000144. The van der Waals surface area contributed by atoms with E-state index in [4.69, 9.17) is 4.42 Å². The van der Waals surface area contributed by atoms with E-state index in [1.807, 2.05) is 19.1 Å². The van der Waals surface area contributed by atoms with Crippen molar-refractivity contribution >= 4 is 18.3 Å². The molecule has 1 fully saturated rings. The Morgan fingerprint density at radius 1 is 1.65 bits per heavy atom. The molecule has 0 saturated carbocycles. The van der Waals surface area contributed by atoms with Gasteiger partial charge in [-0.2, -0.15) is 0 Å². The number of carbonyl (C=O) groups is 1. The van der Waals surface area contributed by atoms with Crippen molar-refractivity contribution in [2.24, 2.45) is 0 Å². The predicted molar refractivity (Wildman–Crippen MR) is 68.1 cm³/mol. The largest absolute Gasteiger partial charge is 0.467 e. The van der Waals surface area contributed by atoms with E-state index in [2.05, 4.69) is 10.6 Å². The lowest BCUT2D eigenvalue weighted by molar-refractivity contribution is -0.127. The van der Waals surface area contributed by atoms with Gasteiger partial charge in [-0.1, -0.05) is 6.92 Å². The molecule has 1 aromatic heterocycles. The van der Waals surface area contributed by atoms with Crippen LogP contribution in [0.3, 0.4) is 0 Å². The number of amides is 1. The fourth-order valence-corrected chi connectivity index (χ4v) is 2.21. The minimum absolute atomic E-state index is 0. The summed E-state index contributed by atoms with van der Waals surface area (Å²) in [5.41, 5.74) is -0.355. The summed E-state index contributed by atoms with van der Waals surface area (Å²) in [5.74, 6) is 0.876. The number of rotatable bonds is 4. The summed E-state index contributed by atoms with van der Waals surface area (Å²) >= 11 is 0. The van der Waals surface area contributed by atoms with Crippen LogP contribution in [0.15, 0.2) is 22.8 Å². The van der Waals surface area contributed by atoms with Crippen molar-refractivity contribution in [3.05, 3.63) is 24.2 Å². The van der Waals surface area contributed by atoms with Crippen LogP contribution in [-0.4, -0.2) is 18.0 Å². The van der Waals surface area contributed by atoms with Crippen LogP contribution in [0.25, 0.3) is 0 Å². The Labute approximate surface area is 108 Å². The number of halogens is 1. The molecule has 0 aromatic carbocycles. The summed E-state index contributed by atoms with van der Waals surface area (Å²) in [6.45, 7) is 3.45. The SMILES string of the molecule is CCC1(C(=O)NCc2ccco2)CCCN1.Cl. The van der Waals surface area contributed by atoms with Crippen molar-refractivity contribution in [3.8, 4) is 0 Å². The highest BCUT2D eigenvalue weighted by Gasteiger charge is 2.38. The summed E-state index contributed by atoms with van der Waals surface area (Å²) in [7, 11) is 0. The van der Waals surface area contributed by atoms with Crippen molar-refractivity contribution in [1.29, 1.82) is 0 Å². The second-order valence-corrected chi connectivity index (χ2v) is 4.23. The zero-order valence-electron chi connectivity index (χ0n) is 9.99. The van der Waals surface area contributed by atoms with Crippen LogP contribution in [0.1, 0.15) is 31.9 Å². The minimum atomic E-state index is -0.355. The molecule has 1 amide bonds. The standard InChI is InChI=1S/C12H18N2O2.ClH/c1-2-12(6-4-7-14-12)11(15)13-9-10-5-3-8-16-10;/h3,5,8,14H,2,4,6-7,9H2,1H3,(H,13,15);1H. The maximum atomic E-state index is 12.1. The van der Waals surface area contributed by atoms with E-state index in [1.165, 1.54) is 0 Å². The second-order valence-electron chi connectivity index (χ2n) is 4.23. The quantitative estimate of drug-likeness (QED) is 0.867. The van der Waals surface area contributed by atoms with Gasteiger partial charge in [0.25, 0.3) is 0 Å². The van der Waals surface area contributed by atoms with Crippen molar-refractivity contribution in [2.45, 2.75) is 38.3 Å². The summed E-state index contributed by atoms with van der Waals surface area (Å²) in [6, 6.07) is 3.69. The molecule has 1 aromatic rings. The van der Waals surface area contributed by atoms with Crippen molar-refractivity contribution < 1.29 is 9.21 Å². The molecule has 2 rings (SSSR count). The van der Waals surface area contributed by atoms with E-state index in [0.717, 1.165) is 31.6 Å². The summed E-state index contributed by atoms with van der Waals surface area (Å²) < 4.78 is 5.18. The molecule has 0 bridgehead atoms. The van der Waals surface area contributed by atoms with Gasteiger partial charge in [0.05, 0.1) is 18.3 Å². The molecule has 2 heterocycles. The van der Waals surface area contributed by atoms with E-state index in [9.17, 15) is 4.79 Å². The minimum Gasteiger partial charge on any atom is -0.467 e. The van der Waals surface area contributed by atoms with Crippen LogP contribution in [0.4, 0.5) is 0 Å². The molecule has 4 nitrogen and oxygen atoms in total. The maximum Gasteiger partial charge on any atom is 0.240 e. The second kappa shape index (κ2) is 6.07. The molecular formula is C12H19ClN2O2. The molecule has 1 aliphatic rings. The summed E-state index contributed by atoms with van der Waals surface area (Å²) in [5, 5.41) is 6.23. The van der Waals surface area contributed by atoms with Gasteiger partial charge in [0.2, 0.25) is 5.91 Å². The van der Waals surface area contributed by atoms with E-state index < -0.39 is 0 Å². The lowest BCUT2D eigenvalue weighted by Crippen LogP contribution is -2.52. The first-order valence-electron chi connectivity index (χ1n) is 5.82. The molecule has 1 saturated heterocycles. The predicted octanol–water partition coefficient (Wildman–Crippen LogP) is 1.85. The molecule has 1 atom stereocenters. The first-order chi connectivity index (χ1) is 7.77. The molecule has 0 radical (unpaired) electrons. The van der Waals surface area contributed by atoms with Gasteiger partial charge < -0.3 is 15.1 Å². The fraction of sp³-hybridized carbons (Fsp3) is 0.583. The average Bonchev–Trinajstić information content (AvgIpc) is 2.97. The number of carbonyl (C=O) groups excluding carboxylic acids is 1. The van der Waals surface area contributed by atoms with Crippen molar-refractivity contribution in [1.82, 2.24) is 10.6 Å². The van der Waals surface area contributed by atoms with E-state index >= 15 is 0 Å². The fourth-order valence-electron chi connectivity index (χ4n) is 2.21. The first kappa shape index (κ1) is 14.1. The first-order valence-corrected chi connectivity index (χ1v) is 5.82. The monoisotopic (exact) mass is 258 g/mol. The maximum absolute atomic E-state index is 12.1. The van der Waals surface area contributed by atoms with E-state index in [-0.39, 0.29) is 23.9 Å². The van der Waals surface area contributed by atoms with Crippen LogP contribution >= 0.6 is 12.4 Å². The van der Waals surface area contributed by atoms with Crippen molar-refractivity contribution in [3.63, 3.8) is 0 Å². The highest BCUT2D eigenvalue weighted by Crippen LogP contribution is 2.23. The zero-order valence-corrected chi connectivity index (χ0v) is 10.8. The van der Waals surface area contributed by atoms with Gasteiger partial charge >= 0.3 is 0 Å². The van der Waals surface area contributed by atoms with Crippen LogP contribution in [0, 0.1) is 0 Å². The zero-order chi connectivity index (χ0) is 11.4. The Morgan fingerprint density at radius 2 is 2.47 bits per heavy atom.